The number of hydrogen-bond donors (Lipinski definition) is 3. The Bertz CT molecular complexity index is 559. The minimum Gasteiger partial charge on any atom is -0.480 e. The van der Waals surface area contributed by atoms with Crippen molar-refractivity contribution in [2.75, 3.05) is 0 Å². The minimum atomic E-state index is -1.19. The van der Waals surface area contributed by atoms with Gasteiger partial charge in [0.1, 0.15) is 11.4 Å². The van der Waals surface area contributed by atoms with Gasteiger partial charge in [0.05, 0.1) is 0 Å². The lowest BCUT2D eigenvalue weighted by molar-refractivity contribution is -0.144. The number of urea groups is 1. The van der Waals surface area contributed by atoms with Crippen LogP contribution in [0.1, 0.15) is 31.2 Å². The van der Waals surface area contributed by atoms with E-state index in [0.717, 1.165) is 12.8 Å². The first-order chi connectivity index (χ1) is 9.93. The van der Waals surface area contributed by atoms with Crippen molar-refractivity contribution in [3.05, 3.63) is 34.1 Å². The molecule has 1 fully saturated rings. The number of rotatable bonds is 4. The molecule has 0 heterocycles. The van der Waals surface area contributed by atoms with Crippen molar-refractivity contribution < 1.29 is 19.1 Å². The van der Waals surface area contributed by atoms with Crippen molar-refractivity contribution in [3.8, 4) is 0 Å². The highest BCUT2D eigenvalue weighted by Gasteiger charge is 2.42. The number of benzene rings is 1. The fourth-order valence-electron chi connectivity index (χ4n) is 2.47. The van der Waals surface area contributed by atoms with Crippen molar-refractivity contribution in [2.45, 2.75) is 37.8 Å². The molecule has 0 bridgehead atoms. The second-order valence-corrected chi connectivity index (χ2v) is 6.05. The van der Waals surface area contributed by atoms with E-state index in [0.29, 0.717) is 22.9 Å². The van der Waals surface area contributed by atoms with Crippen LogP contribution in [0.5, 0.6) is 0 Å². The highest BCUT2D eigenvalue weighted by atomic mass is 79.9. The van der Waals surface area contributed by atoms with Gasteiger partial charge < -0.3 is 15.7 Å². The third-order valence-corrected chi connectivity index (χ3v) is 4.17. The Morgan fingerprint density at radius 1 is 1.33 bits per heavy atom. The molecule has 0 unspecified atom stereocenters. The van der Waals surface area contributed by atoms with Crippen LogP contribution in [0.2, 0.25) is 0 Å². The molecule has 21 heavy (non-hydrogen) atoms. The molecule has 1 aliphatic rings. The zero-order chi connectivity index (χ0) is 15.5. The van der Waals surface area contributed by atoms with Gasteiger partial charge in [-0.25, -0.2) is 14.0 Å². The average molecular weight is 359 g/mol. The standard InChI is InChI=1S/C14H16BrFN2O3/c15-10-4-3-9(11(16)7-10)8-17-13(21)18-14(12(19)20)5-1-2-6-14/h3-4,7H,1-2,5-6,8H2,(H,19,20)(H2,17,18,21). The third kappa shape index (κ3) is 3.72. The highest BCUT2D eigenvalue weighted by molar-refractivity contribution is 9.10. The summed E-state index contributed by atoms with van der Waals surface area (Å²) < 4.78 is 14.2. The number of hydrogen-bond acceptors (Lipinski definition) is 2. The average Bonchev–Trinajstić information content (AvgIpc) is 2.87. The van der Waals surface area contributed by atoms with E-state index >= 15 is 0 Å². The zero-order valence-corrected chi connectivity index (χ0v) is 12.9. The van der Waals surface area contributed by atoms with Crippen LogP contribution in [0, 0.1) is 5.82 Å². The van der Waals surface area contributed by atoms with Crippen LogP contribution < -0.4 is 10.6 Å². The van der Waals surface area contributed by atoms with Gasteiger partial charge >= 0.3 is 12.0 Å². The van der Waals surface area contributed by atoms with E-state index in [1.54, 1.807) is 12.1 Å². The van der Waals surface area contributed by atoms with Crippen LogP contribution in [0.4, 0.5) is 9.18 Å². The molecule has 0 spiro atoms. The number of amides is 2. The van der Waals surface area contributed by atoms with Gasteiger partial charge in [0.2, 0.25) is 0 Å². The Hall–Kier alpha value is -1.63. The van der Waals surface area contributed by atoms with E-state index in [1.807, 2.05) is 0 Å². The molecule has 0 aliphatic heterocycles. The van der Waals surface area contributed by atoms with Crippen LogP contribution >= 0.6 is 15.9 Å². The fourth-order valence-corrected chi connectivity index (χ4v) is 2.81. The van der Waals surface area contributed by atoms with Gasteiger partial charge in [0, 0.05) is 16.6 Å². The number of carbonyl (C=O) groups is 2. The van der Waals surface area contributed by atoms with Crippen molar-refractivity contribution in [2.24, 2.45) is 0 Å². The smallest absolute Gasteiger partial charge is 0.329 e. The molecular formula is C14H16BrFN2O3. The van der Waals surface area contributed by atoms with Crippen molar-refractivity contribution in [1.29, 1.82) is 0 Å². The summed E-state index contributed by atoms with van der Waals surface area (Å²) >= 11 is 3.15. The summed E-state index contributed by atoms with van der Waals surface area (Å²) in [6, 6.07) is 3.95. The maximum atomic E-state index is 13.6. The van der Waals surface area contributed by atoms with Gasteiger partial charge in [-0.2, -0.15) is 0 Å². The van der Waals surface area contributed by atoms with E-state index in [-0.39, 0.29) is 6.54 Å². The monoisotopic (exact) mass is 358 g/mol. The second kappa shape index (κ2) is 6.43. The summed E-state index contributed by atoms with van der Waals surface area (Å²) in [5.41, 5.74) is -0.855. The SMILES string of the molecule is O=C(NCc1ccc(Br)cc1F)NC1(C(=O)O)CCCC1. The molecule has 2 rings (SSSR count). The van der Waals surface area contributed by atoms with Gasteiger partial charge in [0.15, 0.2) is 0 Å². The van der Waals surface area contributed by atoms with Crippen molar-refractivity contribution >= 4 is 27.9 Å². The Morgan fingerprint density at radius 2 is 2.00 bits per heavy atom. The molecule has 1 aromatic rings. The van der Waals surface area contributed by atoms with Crippen LogP contribution in [0.15, 0.2) is 22.7 Å². The van der Waals surface area contributed by atoms with Gasteiger partial charge in [-0.3, -0.25) is 0 Å². The summed E-state index contributed by atoms with van der Waals surface area (Å²) in [5.74, 6) is -1.46. The highest BCUT2D eigenvalue weighted by Crippen LogP contribution is 2.29. The molecule has 0 radical (unpaired) electrons. The van der Waals surface area contributed by atoms with Gasteiger partial charge in [-0.1, -0.05) is 34.8 Å². The molecule has 1 aliphatic carbocycles. The van der Waals surface area contributed by atoms with Crippen LogP contribution in [0.25, 0.3) is 0 Å². The first-order valence-corrected chi connectivity index (χ1v) is 7.46. The molecular weight excluding hydrogens is 343 g/mol. The Balaban J connectivity index is 1.94. The number of aliphatic carboxylic acids is 1. The maximum absolute atomic E-state index is 13.6. The molecule has 3 N–H and O–H groups in total. The van der Waals surface area contributed by atoms with E-state index < -0.39 is 23.4 Å². The maximum Gasteiger partial charge on any atom is 0.329 e. The van der Waals surface area contributed by atoms with Gasteiger partial charge in [-0.05, 0) is 25.0 Å². The normalized spacial score (nSPS) is 16.5. The van der Waals surface area contributed by atoms with E-state index in [4.69, 9.17) is 0 Å². The summed E-state index contributed by atoms with van der Waals surface area (Å²) in [4.78, 5) is 23.2. The van der Waals surface area contributed by atoms with E-state index in [2.05, 4.69) is 26.6 Å². The number of carbonyl (C=O) groups excluding carboxylic acids is 1. The summed E-state index contributed by atoms with van der Waals surface area (Å²) in [7, 11) is 0. The molecule has 0 aromatic heterocycles. The summed E-state index contributed by atoms with van der Waals surface area (Å²) in [6.45, 7) is 0.000641. The predicted molar refractivity (Wildman–Crippen MR) is 78.3 cm³/mol. The molecule has 2 amide bonds. The topological polar surface area (TPSA) is 78.4 Å². The minimum absolute atomic E-state index is 0.000641. The molecule has 0 saturated heterocycles. The van der Waals surface area contributed by atoms with E-state index in [9.17, 15) is 19.1 Å². The quantitative estimate of drug-likeness (QED) is 0.774. The van der Waals surface area contributed by atoms with Crippen LogP contribution in [0.3, 0.4) is 0 Å². The van der Waals surface area contributed by atoms with Gasteiger partial charge in [-0.15, -0.1) is 0 Å². The third-order valence-electron chi connectivity index (χ3n) is 3.67. The molecule has 0 atom stereocenters. The second-order valence-electron chi connectivity index (χ2n) is 5.14. The lowest BCUT2D eigenvalue weighted by Gasteiger charge is -2.25. The number of carboxylic acid groups (broad SMARTS) is 1. The van der Waals surface area contributed by atoms with Crippen molar-refractivity contribution in [3.63, 3.8) is 0 Å². The Morgan fingerprint density at radius 3 is 2.57 bits per heavy atom. The molecule has 1 saturated carbocycles. The van der Waals surface area contributed by atoms with Crippen molar-refractivity contribution in [1.82, 2.24) is 10.6 Å². The lowest BCUT2D eigenvalue weighted by Crippen LogP contribution is -2.55. The zero-order valence-electron chi connectivity index (χ0n) is 11.3. The predicted octanol–water partition coefficient (Wildman–Crippen LogP) is 2.78. The molecule has 7 heteroatoms. The van der Waals surface area contributed by atoms with Gasteiger partial charge in [0.25, 0.3) is 0 Å². The van der Waals surface area contributed by atoms with E-state index in [1.165, 1.54) is 6.07 Å². The first kappa shape index (κ1) is 15.8. The molecule has 1 aromatic carbocycles. The first-order valence-electron chi connectivity index (χ1n) is 6.66. The Labute approximate surface area is 130 Å². The number of carboxylic acids is 1. The summed E-state index contributed by atoms with van der Waals surface area (Å²) in [6.07, 6.45) is 2.38. The number of halogens is 2. The Kier molecular flexibility index (Phi) is 4.82. The molecule has 5 nitrogen and oxygen atoms in total. The van der Waals surface area contributed by atoms with Crippen LogP contribution in [-0.2, 0) is 11.3 Å². The number of nitrogens with one attached hydrogen (secondary N) is 2. The summed E-state index contributed by atoms with van der Waals surface area (Å²) in [5, 5.41) is 14.3. The fraction of sp³-hybridized carbons (Fsp3) is 0.429. The molecule has 114 valence electrons. The largest absolute Gasteiger partial charge is 0.480 e. The lowest BCUT2D eigenvalue weighted by atomic mass is 9.98. The van der Waals surface area contributed by atoms with Crippen LogP contribution in [-0.4, -0.2) is 22.6 Å².